The number of hydrogen-bond acceptors (Lipinski definition) is 5. The number of para-hydroxylation sites is 1. The Labute approximate surface area is 181 Å². The fourth-order valence-electron chi connectivity index (χ4n) is 2.31. The van der Waals surface area contributed by atoms with Gasteiger partial charge in [-0.2, -0.15) is 0 Å². The van der Waals surface area contributed by atoms with Gasteiger partial charge in [-0.15, -0.1) is 11.8 Å². The van der Waals surface area contributed by atoms with Gasteiger partial charge in [0.15, 0.2) is 5.76 Å². The number of hydrogen-bond donors (Lipinski definition) is 2. The lowest BCUT2D eigenvalue weighted by Gasteiger charge is -2.07. The van der Waals surface area contributed by atoms with Gasteiger partial charge in [-0.3, -0.25) is 20.4 Å². The average molecular weight is 475 g/mol. The third-order valence-electron chi connectivity index (χ3n) is 3.75. The zero-order valence-corrected chi connectivity index (χ0v) is 17.8. The van der Waals surface area contributed by atoms with Gasteiger partial charge in [0.1, 0.15) is 18.1 Å². The molecule has 6 nitrogen and oxygen atoms in total. The van der Waals surface area contributed by atoms with Crippen molar-refractivity contribution >= 4 is 39.5 Å². The molecule has 0 bridgehead atoms. The molecule has 3 rings (SSSR count). The van der Waals surface area contributed by atoms with Crippen LogP contribution in [0.3, 0.4) is 0 Å². The molecule has 150 valence electrons. The second-order valence-corrected chi connectivity index (χ2v) is 7.89. The summed E-state index contributed by atoms with van der Waals surface area (Å²) in [4.78, 5) is 25.1. The molecule has 0 fully saturated rings. The summed E-state index contributed by atoms with van der Waals surface area (Å²) >= 11 is 5.03. The number of furan rings is 1. The largest absolute Gasteiger partial charge is 0.486 e. The van der Waals surface area contributed by atoms with E-state index < -0.39 is 5.91 Å². The van der Waals surface area contributed by atoms with E-state index in [1.54, 1.807) is 17.8 Å². The highest BCUT2D eigenvalue weighted by Gasteiger charge is 2.13. The summed E-state index contributed by atoms with van der Waals surface area (Å²) in [5.41, 5.74) is 4.75. The lowest BCUT2D eigenvalue weighted by Crippen LogP contribution is -2.41. The summed E-state index contributed by atoms with van der Waals surface area (Å²) in [6, 6.07) is 20.3. The number of hydrazine groups is 1. The van der Waals surface area contributed by atoms with Gasteiger partial charge in [0.25, 0.3) is 0 Å². The number of carbonyl (C=O) groups is 2. The average Bonchev–Trinajstić information content (AvgIpc) is 3.22. The number of amides is 2. The molecule has 0 saturated heterocycles. The summed E-state index contributed by atoms with van der Waals surface area (Å²) in [6.45, 7) is 0.204. The first-order valence-electron chi connectivity index (χ1n) is 8.85. The van der Waals surface area contributed by atoms with Crippen LogP contribution in [0.15, 0.2) is 80.5 Å². The molecule has 0 unspecified atom stereocenters. The van der Waals surface area contributed by atoms with Crippen LogP contribution in [0.4, 0.5) is 0 Å². The highest BCUT2D eigenvalue weighted by atomic mass is 79.9. The summed E-state index contributed by atoms with van der Waals surface area (Å²) < 4.78 is 12.0. The van der Waals surface area contributed by atoms with Crippen molar-refractivity contribution in [3.63, 3.8) is 0 Å². The third-order valence-corrected chi connectivity index (χ3v) is 5.78. The number of nitrogens with one attached hydrogen (secondary N) is 2. The molecular formula is C21H19BrN2O4S. The molecular weight excluding hydrogens is 456 g/mol. The monoisotopic (exact) mass is 474 g/mol. The molecule has 2 N–H and O–H groups in total. The van der Waals surface area contributed by atoms with Crippen molar-refractivity contribution in [2.75, 3.05) is 5.75 Å². The molecule has 0 aliphatic rings. The molecule has 0 aliphatic carbocycles. The Bertz CT molecular complexity index is 962. The lowest BCUT2D eigenvalue weighted by molar-refractivity contribution is -0.121. The highest BCUT2D eigenvalue weighted by Crippen LogP contribution is 2.27. The number of ether oxygens (including phenoxy) is 1. The van der Waals surface area contributed by atoms with Crippen molar-refractivity contribution < 1.29 is 18.7 Å². The molecule has 29 heavy (non-hydrogen) atoms. The van der Waals surface area contributed by atoms with Crippen molar-refractivity contribution in [2.45, 2.75) is 17.9 Å². The third kappa shape index (κ3) is 6.69. The van der Waals surface area contributed by atoms with Crippen molar-refractivity contribution in [1.82, 2.24) is 10.9 Å². The van der Waals surface area contributed by atoms with Crippen LogP contribution in [0.5, 0.6) is 5.75 Å². The van der Waals surface area contributed by atoms with E-state index in [0.717, 1.165) is 9.37 Å². The summed E-state index contributed by atoms with van der Waals surface area (Å²) in [6.07, 6.45) is 0.264. The number of benzene rings is 2. The summed E-state index contributed by atoms with van der Waals surface area (Å²) in [5.74, 6) is 1.10. The van der Waals surface area contributed by atoms with Gasteiger partial charge in [0, 0.05) is 21.5 Å². The lowest BCUT2D eigenvalue weighted by atomic mass is 10.3. The Morgan fingerprint density at radius 3 is 2.52 bits per heavy atom. The topological polar surface area (TPSA) is 80.6 Å². The second kappa shape index (κ2) is 10.7. The number of rotatable bonds is 8. The van der Waals surface area contributed by atoms with Crippen molar-refractivity contribution in [3.05, 3.63) is 82.7 Å². The predicted octanol–water partition coefficient (Wildman–Crippen LogP) is 4.56. The van der Waals surface area contributed by atoms with Gasteiger partial charge < -0.3 is 9.15 Å². The molecule has 0 spiro atoms. The zero-order valence-electron chi connectivity index (χ0n) is 15.4. The highest BCUT2D eigenvalue weighted by molar-refractivity contribution is 9.10. The summed E-state index contributed by atoms with van der Waals surface area (Å²) in [5, 5.41) is 0. The fraction of sp³-hybridized carbons (Fsp3) is 0.143. The van der Waals surface area contributed by atoms with Crippen LogP contribution in [-0.2, 0) is 11.4 Å². The smallest absolute Gasteiger partial charge is 0.305 e. The predicted molar refractivity (Wildman–Crippen MR) is 115 cm³/mol. The second-order valence-electron chi connectivity index (χ2n) is 5.90. The van der Waals surface area contributed by atoms with Crippen LogP contribution >= 0.6 is 27.7 Å². The Morgan fingerprint density at radius 1 is 0.966 bits per heavy atom. The van der Waals surface area contributed by atoms with Gasteiger partial charge in [-0.1, -0.05) is 30.3 Å². The summed E-state index contributed by atoms with van der Waals surface area (Å²) in [7, 11) is 0. The van der Waals surface area contributed by atoms with E-state index in [1.807, 2.05) is 54.6 Å². The van der Waals surface area contributed by atoms with Crippen LogP contribution in [0, 0.1) is 0 Å². The minimum Gasteiger partial charge on any atom is -0.486 e. The number of thioether (sulfide) groups is 1. The molecule has 1 aromatic heterocycles. The number of carbonyl (C=O) groups excluding carboxylic acids is 2. The van der Waals surface area contributed by atoms with Gasteiger partial charge in [0.05, 0.1) is 0 Å². The van der Waals surface area contributed by atoms with Crippen LogP contribution in [-0.4, -0.2) is 17.6 Å². The fourth-order valence-corrected chi connectivity index (χ4v) is 3.83. The Kier molecular flexibility index (Phi) is 7.77. The SMILES string of the molecule is O=C(CCSc1ccccc1Br)NNC(=O)c1ccc(COc2ccccc2)o1. The van der Waals surface area contributed by atoms with Crippen molar-refractivity contribution in [3.8, 4) is 5.75 Å². The maximum Gasteiger partial charge on any atom is 0.305 e. The Hall–Kier alpha value is -2.71. The molecule has 3 aromatic rings. The van der Waals surface area contributed by atoms with Crippen molar-refractivity contribution in [1.29, 1.82) is 0 Å². The Morgan fingerprint density at radius 2 is 1.72 bits per heavy atom. The van der Waals surface area contributed by atoms with E-state index in [9.17, 15) is 9.59 Å². The van der Waals surface area contributed by atoms with Crippen molar-refractivity contribution in [2.24, 2.45) is 0 Å². The standard InChI is InChI=1S/C21H19BrN2O4S/c22-17-8-4-5-9-19(17)29-13-12-20(25)23-24-21(26)18-11-10-16(28-18)14-27-15-6-2-1-3-7-15/h1-11H,12-14H2,(H,23,25)(H,24,26). The minimum absolute atomic E-state index is 0.0968. The molecule has 2 amide bonds. The number of halogens is 1. The van der Waals surface area contributed by atoms with Gasteiger partial charge in [-0.25, -0.2) is 0 Å². The first-order valence-corrected chi connectivity index (χ1v) is 10.6. The van der Waals surface area contributed by atoms with Crippen LogP contribution in [0.25, 0.3) is 0 Å². The van der Waals surface area contributed by atoms with Crippen LogP contribution in [0.2, 0.25) is 0 Å². The van der Waals surface area contributed by atoms with E-state index in [0.29, 0.717) is 17.3 Å². The first-order chi connectivity index (χ1) is 14.1. The molecule has 8 heteroatoms. The molecule has 0 atom stereocenters. The van der Waals surface area contributed by atoms with E-state index in [-0.39, 0.29) is 24.7 Å². The maximum atomic E-state index is 12.1. The molecule has 0 radical (unpaired) electrons. The first kappa shape index (κ1) is 21.0. The van der Waals surface area contributed by atoms with Gasteiger partial charge >= 0.3 is 5.91 Å². The van der Waals surface area contributed by atoms with Crippen LogP contribution < -0.4 is 15.6 Å². The van der Waals surface area contributed by atoms with Gasteiger partial charge in [0.2, 0.25) is 5.91 Å². The van der Waals surface area contributed by atoms with Gasteiger partial charge in [-0.05, 0) is 52.3 Å². The van der Waals surface area contributed by atoms with E-state index >= 15 is 0 Å². The van der Waals surface area contributed by atoms with E-state index in [1.165, 1.54) is 6.07 Å². The molecule has 2 aromatic carbocycles. The Balaban J connectivity index is 1.38. The van der Waals surface area contributed by atoms with E-state index in [2.05, 4.69) is 26.8 Å². The minimum atomic E-state index is -0.525. The van der Waals surface area contributed by atoms with Crippen LogP contribution in [0.1, 0.15) is 22.7 Å². The molecule has 1 heterocycles. The quantitative estimate of drug-likeness (QED) is 0.369. The normalized spacial score (nSPS) is 10.4. The zero-order chi connectivity index (χ0) is 20.5. The molecule has 0 aliphatic heterocycles. The molecule has 0 saturated carbocycles. The maximum absolute atomic E-state index is 12.1. The van der Waals surface area contributed by atoms with E-state index in [4.69, 9.17) is 9.15 Å².